The van der Waals surface area contributed by atoms with Crippen molar-refractivity contribution in [3.8, 4) is 0 Å². The lowest BCUT2D eigenvalue weighted by Crippen LogP contribution is -2.22. The molecule has 0 saturated heterocycles. The highest BCUT2D eigenvalue weighted by Crippen LogP contribution is 2.32. The summed E-state index contributed by atoms with van der Waals surface area (Å²) >= 11 is 9.89. The van der Waals surface area contributed by atoms with Crippen molar-refractivity contribution in [1.29, 1.82) is 0 Å². The lowest BCUT2D eigenvalue weighted by molar-refractivity contribution is 0.134. The van der Waals surface area contributed by atoms with Crippen molar-refractivity contribution in [2.24, 2.45) is 0 Å². The predicted molar refractivity (Wildman–Crippen MR) is 89.6 cm³/mol. The Morgan fingerprint density at radius 3 is 2.76 bits per heavy atom. The number of hydrogen-bond donors (Lipinski definition) is 1. The Kier molecular flexibility index (Phi) is 4.65. The van der Waals surface area contributed by atoms with Crippen molar-refractivity contribution in [2.75, 3.05) is 6.54 Å². The van der Waals surface area contributed by atoms with Gasteiger partial charge < -0.3 is 10.1 Å². The van der Waals surface area contributed by atoms with Crippen LogP contribution in [0.15, 0.2) is 40.9 Å². The summed E-state index contributed by atoms with van der Waals surface area (Å²) in [7, 11) is 0. The Bertz CT molecular complexity index is 659. The van der Waals surface area contributed by atoms with E-state index in [4.69, 9.17) is 16.3 Å². The third kappa shape index (κ3) is 3.16. The molecule has 0 radical (unpaired) electrons. The van der Waals surface area contributed by atoms with Crippen LogP contribution in [-0.2, 0) is 18.0 Å². The molecule has 0 saturated carbocycles. The van der Waals surface area contributed by atoms with Gasteiger partial charge in [0.2, 0.25) is 0 Å². The van der Waals surface area contributed by atoms with Crippen LogP contribution in [0.1, 0.15) is 35.2 Å². The summed E-state index contributed by atoms with van der Waals surface area (Å²) in [5.74, 6) is 0. The van der Waals surface area contributed by atoms with E-state index in [1.807, 2.05) is 12.1 Å². The fourth-order valence-electron chi connectivity index (χ4n) is 2.72. The molecule has 2 nitrogen and oxygen atoms in total. The molecule has 1 aliphatic heterocycles. The molecule has 1 heterocycles. The first-order valence-corrected chi connectivity index (χ1v) is 8.24. The van der Waals surface area contributed by atoms with E-state index in [-0.39, 0.29) is 6.04 Å². The van der Waals surface area contributed by atoms with E-state index in [1.54, 1.807) is 0 Å². The van der Waals surface area contributed by atoms with Crippen LogP contribution >= 0.6 is 27.5 Å². The van der Waals surface area contributed by atoms with Gasteiger partial charge in [0.15, 0.2) is 0 Å². The maximum absolute atomic E-state index is 6.43. The van der Waals surface area contributed by atoms with E-state index in [0.717, 1.165) is 28.2 Å². The van der Waals surface area contributed by atoms with Crippen LogP contribution < -0.4 is 5.32 Å². The molecular weight excluding hydrogens is 350 g/mol. The zero-order valence-electron chi connectivity index (χ0n) is 11.8. The third-order valence-electron chi connectivity index (χ3n) is 3.76. The van der Waals surface area contributed by atoms with Gasteiger partial charge in [0.05, 0.1) is 19.3 Å². The maximum Gasteiger partial charge on any atom is 0.0725 e. The summed E-state index contributed by atoms with van der Waals surface area (Å²) in [5, 5.41) is 4.30. The van der Waals surface area contributed by atoms with Crippen LogP contribution in [-0.4, -0.2) is 6.54 Å². The quantitative estimate of drug-likeness (QED) is 0.836. The Balaban J connectivity index is 2.01. The van der Waals surface area contributed by atoms with Crippen molar-refractivity contribution in [1.82, 2.24) is 5.32 Å². The molecule has 110 valence electrons. The average molecular weight is 367 g/mol. The number of benzene rings is 2. The van der Waals surface area contributed by atoms with Gasteiger partial charge in [-0.15, -0.1) is 0 Å². The van der Waals surface area contributed by atoms with E-state index in [0.29, 0.717) is 6.61 Å². The van der Waals surface area contributed by atoms with Crippen LogP contribution in [0.25, 0.3) is 0 Å². The molecule has 0 aromatic heterocycles. The van der Waals surface area contributed by atoms with Crippen molar-refractivity contribution in [2.45, 2.75) is 26.2 Å². The summed E-state index contributed by atoms with van der Waals surface area (Å²) in [5.41, 5.74) is 4.89. The van der Waals surface area contributed by atoms with Crippen LogP contribution in [0, 0.1) is 0 Å². The highest BCUT2D eigenvalue weighted by molar-refractivity contribution is 9.10. The summed E-state index contributed by atoms with van der Waals surface area (Å²) in [6, 6.07) is 12.7. The molecule has 2 aromatic carbocycles. The second-order valence-electron chi connectivity index (χ2n) is 5.18. The highest BCUT2D eigenvalue weighted by Gasteiger charge is 2.19. The van der Waals surface area contributed by atoms with E-state index in [9.17, 15) is 0 Å². The molecule has 0 spiro atoms. The minimum Gasteiger partial charge on any atom is -0.372 e. The molecule has 4 heteroatoms. The molecule has 0 amide bonds. The Hall–Kier alpha value is -0.870. The van der Waals surface area contributed by atoms with Gasteiger partial charge in [-0.2, -0.15) is 0 Å². The SMILES string of the molecule is CCNC(c1ccc2c(c1)COC2)c1ccc(Br)cc1Cl. The minimum absolute atomic E-state index is 0.0986. The summed E-state index contributed by atoms with van der Waals surface area (Å²) in [6.45, 7) is 4.41. The van der Waals surface area contributed by atoms with Gasteiger partial charge in [-0.3, -0.25) is 0 Å². The first-order chi connectivity index (χ1) is 10.2. The Morgan fingerprint density at radius 1 is 1.19 bits per heavy atom. The number of hydrogen-bond acceptors (Lipinski definition) is 2. The largest absolute Gasteiger partial charge is 0.372 e. The monoisotopic (exact) mass is 365 g/mol. The van der Waals surface area contributed by atoms with E-state index < -0.39 is 0 Å². The van der Waals surface area contributed by atoms with Crippen LogP contribution in [0.5, 0.6) is 0 Å². The van der Waals surface area contributed by atoms with Gasteiger partial charge in [0.1, 0.15) is 0 Å². The summed E-state index contributed by atoms with van der Waals surface area (Å²) < 4.78 is 6.50. The minimum atomic E-state index is 0.0986. The second-order valence-corrected chi connectivity index (χ2v) is 6.50. The van der Waals surface area contributed by atoms with Gasteiger partial charge >= 0.3 is 0 Å². The van der Waals surface area contributed by atoms with Gasteiger partial charge in [-0.1, -0.05) is 58.7 Å². The summed E-state index contributed by atoms with van der Waals surface area (Å²) in [6.07, 6.45) is 0. The summed E-state index contributed by atoms with van der Waals surface area (Å²) in [4.78, 5) is 0. The average Bonchev–Trinajstić information content (AvgIpc) is 2.93. The number of rotatable bonds is 4. The Labute approximate surface area is 138 Å². The molecular formula is C17H17BrClNO. The molecule has 1 N–H and O–H groups in total. The predicted octanol–water partition coefficient (Wildman–Crippen LogP) is 4.83. The standard InChI is InChI=1S/C17H17BrClNO/c1-2-20-17(15-6-5-14(18)8-16(15)19)11-3-4-12-9-21-10-13(12)7-11/h3-8,17,20H,2,9-10H2,1H3. The fraction of sp³-hybridized carbons (Fsp3) is 0.294. The zero-order chi connectivity index (χ0) is 14.8. The molecule has 2 aromatic rings. The molecule has 1 atom stereocenters. The van der Waals surface area contributed by atoms with Crippen molar-refractivity contribution in [3.05, 3.63) is 68.1 Å². The number of halogens is 2. The lowest BCUT2D eigenvalue weighted by atomic mass is 9.95. The molecule has 3 rings (SSSR count). The number of nitrogens with one attached hydrogen (secondary N) is 1. The van der Waals surface area contributed by atoms with Gasteiger partial charge in [0.25, 0.3) is 0 Å². The van der Waals surface area contributed by atoms with E-state index >= 15 is 0 Å². The van der Waals surface area contributed by atoms with Crippen molar-refractivity contribution in [3.63, 3.8) is 0 Å². The zero-order valence-corrected chi connectivity index (χ0v) is 14.2. The highest BCUT2D eigenvalue weighted by atomic mass is 79.9. The van der Waals surface area contributed by atoms with Crippen molar-refractivity contribution < 1.29 is 4.74 Å². The van der Waals surface area contributed by atoms with Gasteiger partial charge in [-0.25, -0.2) is 0 Å². The number of ether oxygens (including phenoxy) is 1. The van der Waals surface area contributed by atoms with E-state index in [2.05, 4.69) is 52.4 Å². The number of fused-ring (bicyclic) bond motifs is 1. The topological polar surface area (TPSA) is 21.3 Å². The smallest absolute Gasteiger partial charge is 0.0725 e. The molecule has 1 unspecified atom stereocenters. The molecule has 0 aliphatic carbocycles. The fourth-order valence-corrected chi connectivity index (χ4v) is 3.50. The molecule has 21 heavy (non-hydrogen) atoms. The first kappa shape index (κ1) is 15.0. The Morgan fingerprint density at radius 2 is 2.00 bits per heavy atom. The third-order valence-corrected chi connectivity index (χ3v) is 4.58. The lowest BCUT2D eigenvalue weighted by Gasteiger charge is -2.21. The van der Waals surface area contributed by atoms with Gasteiger partial charge in [0, 0.05) is 9.50 Å². The van der Waals surface area contributed by atoms with Crippen LogP contribution in [0.2, 0.25) is 5.02 Å². The molecule has 0 bridgehead atoms. The molecule has 0 fully saturated rings. The van der Waals surface area contributed by atoms with Crippen molar-refractivity contribution >= 4 is 27.5 Å². The van der Waals surface area contributed by atoms with Crippen LogP contribution in [0.4, 0.5) is 0 Å². The van der Waals surface area contributed by atoms with E-state index in [1.165, 1.54) is 16.7 Å². The molecule has 1 aliphatic rings. The van der Waals surface area contributed by atoms with Gasteiger partial charge in [-0.05, 0) is 40.9 Å². The maximum atomic E-state index is 6.43. The van der Waals surface area contributed by atoms with Crippen LogP contribution in [0.3, 0.4) is 0 Å². The normalized spacial score (nSPS) is 15.0. The second kappa shape index (κ2) is 6.49. The first-order valence-electron chi connectivity index (χ1n) is 7.07.